The summed E-state index contributed by atoms with van der Waals surface area (Å²) in [6.45, 7) is 0. The van der Waals surface area contributed by atoms with Crippen molar-refractivity contribution < 1.29 is 19.1 Å². The van der Waals surface area contributed by atoms with E-state index in [2.05, 4.69) is 26.6 Å². The van der Waals surface area contributed by atoms with E-state index in [1.165, 1.54) is 14.2 Å². The number of methoxy groups -OCH3 is 2. The molecular weight excluding hydrogens is 436 g/mol. The molecule has 0 fully saturated rings. The zero-order chi connectivity index (χ0) is 20.8. The van der Waals surface area contributed by atoms with Crippen LogP contribution in [0.15, 0.2) is 71.2 Å². The molecule has 3 aromatic carbocycles. The third-order valence-corrected chi connectivity index (χ3v) is 4.86. The zero-order valence-electron chi connectivity index (χ0n) is 15.9. The van der Waals surface area contributed by atoms with E-state index in [1.54, 1.807) is 54.6 Å². The highest BCUT2D eigenvalue weighted by Gasteiger charge is 2.17. The Labute approximate surface area is 177 Å². The number of nitrogens with one attached hydrogen (secondary N) is 2. The largest absolute Gasteiger partial charge is 0.494 e. The summed E-state index contributed by atoms with van der Waals surface area (Å²) >= 11 is 3.37. The van der Waals surface area contributed by atoms with Gasteiger partial charge < -0.3 is 20.1 Å². The molecule has 0 aliphatic carbocycles. The lowest BCUT2D eigenvalue weighted by atomic mass is 10.1. The molecule has 148 valence electrons. The van der Waals surface area contributed by atoms with Crippen molar-refractivity contribution in [2.75, 3.05) is 24.9 Å². The van der Waals surface area contributed by atoms with Crippen molar-refractivity contribution in [3.8, 4) is 11.5 Å². The third kappa shape index (κ3) is 4.75. The van der Waals surface area contributed by atoms with Gasteiger partial charge in [-0.15, -0.1) is 0 Å². The summed E-state index contributed by atoms with van der Waals surface area (Å²) in [4.78, 5) is 25.1. The molecule has 0 heterocycles. The number of hydrogen-bond donors (Lipinski definition) is 2. The van der Waals surface area contributed by atoms with Gasteiger partial charge in [0.1, 0.15) is 11.5 Å². The van der Waals surface area contributed by atoms with Gasteiger partial charge in [0.05, 0.1) is 31.2 Å². The minimum absolute atomic E-state index is 0.282. The maximum atomic E-state index is 12.6. The first-order chi connectivity index (χ1) is 14.0. The highest BCUT2D eigenvalue weighted by atomic mass is 79.9. The van der Waals surface area contributed by atoms with Gasteiger partial charge in [-0.2, -0.15) is 0 Å². The molecule has 3 aromatic rings. The molecule has 0 aliphatic rings. The highest BCUT2D eigenvalue weighted by Crippen LogP contribution is 2.37. The molecule has 0 unspecified atom stereocenters. The molecule has 6 nitrogen and oxygen atoms in total. The van der Waals surface area contributed by atoms with Crippen molar-refractivity contribution in [1.82, 2.24) is 0 Å². The number of amides is 2. The summed E-state index contributed by atoms with van der Waals surface area (Å²) in [5.41, 5.74) is 1.84. The van der Waals surface area contributed by atoms with Crippen LogP contribution >= 0.6 is 15.9 Å². The van der Waals surface area contributed by atoms with E-state index in [4.69, 9.17) is 9.47 Å². The lowest BCUT2D eigenvalue weighted by molar-refractivity contribution is 0.101. The number of carbonyl (C=O) groups excluding carboxylic acids is 2. The minimum atomic E-state index is -0.307. The van der Waals surface area contributed by atoms with Crippen LogP contribution in [0.4, 0.5) is 11.4 Å². The molecule has 0 saturated heterocycles. The van der Waals surface area contributed by atoms with Crippen LogP contribution < -0.4 is 20.1 Å². The van der Waals surface area contributed by atoms with Crippen LogP contribution in [-0.4, -0.2) is 26.0 Å². The van der Waals surface area contributed by atoms with Crippen LogP contribution in [0, 0.1) is 0 Å². The van der Waals surface area contributed by atoms with Gasteiger partial charge >= 0.3 is 0 Å². The fraction of sp³-hybridized carbons (Fsp3) is 0.0909. The van der Waals surface area contributed by atoms with E-state index in [0.717, 1.165) is 0 Å². The average molecular weight is 455 g/mol. The predicted octanol–water partition coefficient (Wildman–Crippen LogP) is 4.97. The van der Waals surface area contributed by atoms with Gasteiger partial charge in [-0.25, -0.2) is 0 Å². The standard InChI is InChI=1S/C22H19BrN2O4/c1-28-19-13-18(25-22(27)15-10-6-7-11-16(15)23)20(29-2)12-17(19)24-21(26)14-8-4-3-5-9-14/h3-13H,1-2H3,(H,24,26)(H,25,27). The van der Waals surface area contributed by atoms with Crippen LogP contribution in [0.1, 0.15) is 20.7 Å². The van der Waals surface area contributed by atoms with Crippen molar-refractivity contribution in [3.05, 3.63) is 82.3 Å². The van der Waals surface area contributed by atoms with Gasteiger partial charge in [-0.1, -0.05) is 30.3 Å². The summed E-state index contributed by atoms with van der Waals surface area (Å²) in [7, 11) is 2.97. The van der Waals surface area contributed by atoms with E-state index >= 15 is 0 Å². The van der Waals surface area contributed by atoms with Gasteiger partial charge in [0, 0.05) is 22.2 Å². The molecule has 0 aliphatic heterocycles. The fourth-order valence-electron chi connectivity index (χ4n) is 2.71. The second kappa shape index (κ2) is 9.25. The molecule has 0 bridgehead atoms. The van der Waals surface area contributed by atoms with Crippen molar-refractivity contribution in [3.63, 3.8) is 0 Å². The van der Waals surface area contributed by atoms with Crippen LogP contribution in [-0.2, 0) is 0 Å². The number of anilines is 2. The van der Waals surface area contributed by atoms with Gasteiger partial charge in [0.25, 0.3) is 11.8 Å². The first-order valence-corrected chi connectivity index (χ1v) is 9.51. The summed E-state index contributed by atoms with van der Waals surface area (Å²) in [6.07, 6.45) is 0. The van der Waals surface area contributed by atoms with E-state index in [-0.39, 0.29) is 11.8 Å². The highest BCUT2D eigenvalue weighted by molar-refractivity contribution is 9.10. The maximum absolute atomic E-state index is 12.6. The van der Waals surface area contributed by atoms with E-state index in [9.17, 15) is 9.59 Å². The van der Waals surface area contributed by atoms with E-state index < -0.39 is 0 Å². The number of carbonyl (C=O) groups is 2. The Hall–Kier alpha value is -3.32. The monoisotopic (exact) mass is 454 g/mol. The normalized spacial score (nSPS) is 10.2. The van der Waals surface area contributed by atoms with Crippen LogP contribution in [0.3, 0.4) is 0 Å². The van der Waals surface area contributed by atoms with Gasteiger partial charge in [0.2, 0.25) is 0 Å². The zero-order valence-corrected chi connectivity index (χ0v) is 17.4. The number of rotatable bonds is 6. The van der Waals surface area contributed by atoms with Gasteiger partial charge in [0.15, 0.2) is 0 Å². The Morgan fingerprint density at radius 2 is 1.28 bits per heavy atom. The van der Waals surface area contributed by atoms with Crippen LogP contribution in [0.2, 0.25) is 0 Å². The summed E-state index contributed by atoms with van der Waals surface area (Å²) in [5, 5.41) is 5.63. The van der Waals surface area contributed by atoms with Crippen LogP contribution in [0.25, 0.3) is 0 Å². The molecule has 0 spiro atoms. The lowest BCUT2D eigenvalue weighted by Crippen LogP contribution is -2.15. The molecule has 0 aromatic heterocycles. The Morgan fingerprint density at radius 1 is 0.759 bits per heavy atom. The quantitative estimate of drug-likeness (QED) is 0.550. The van der Waals surface area contributed by atoms with E-state index in [0.29, 0.717) is 38.5 Å². The molecule has 29 heavy (non-hydrogen) atoms. The predicted molar refractivity (Wildman–Crippen MR) is 116 cm³/mol. The SMILES string of the molecule is COc1cc(NC(=O)c2ccccc2Br)c(OC)cc1NC(=O)c1ccccc1. The van der Waals surface area contributed by atoms with Crippen LogP contribution in [0.5, 0.6) is 11.5 Å². The van der Waals surface area contributed by atoms with Crippen molar-refractivity contribution in [2.45, 2.75) is 0 Å². The number of hydrogen-bond acceptors (Lipinski definition) is 4. The molecule has 2 N–H and O–H groups in total. The smallest absolute Gasteiger partial charge is 0.256 e. The molecular formula is C22H19BrN2O4. The summed E-state index contributed by atoms with van der Waals surface area (Å²) < 4.78 is 11.5. The third-order valence-electron chi connectivity index (χ3n) is 4.17. The maximum Gasteiger partial charge on any atom is 0.256 e. The molecule has 0 atom stereocenters. The number of ether oxygens (including phenoxy) is 2. The Kier molecular flexibility index (Phi) is 6.51. The van der Waals surface area contributed by atoms with Crippen molar-refractivity contribution in [2.24, 2.45) is 0 Å². The summed E-state index contributed by atoms with van der Waals surface area (Å²) in [6, 6.07) is 19.1. The van der Waals surface area contributed by atoms with Gasteiger partial charge in [-0.05, 0) is 40.2 Å². The molecule has 0 radical (unpaired) electrons. The summed E-state index contributed by atoms with van der Waals surface area (Å²) in [5.74, 6) is 0.182. The molecule has 3 rings (SSSR count). The Bertz CT molecular complexity index is 1040. The topological polar surface area (TPSA) is 76.7 Å². The molecule has 0 saturated carbocycles. The van der Waals surface area contributed by atoms with E-state index in [1.807, 2.05) is 12.1 Å². The second-order valence-corrected chi connectivity index (χ2v) is 6.86. The number of benzene rings is 3. The van der Waals surface area contributed by atoms with Gasteiger partial charge in [-0.3, -0.25) is 9.59 Å². The molecule has 2 amide bonds. The first kappa shape index (κ1) is 20.4. The Morgan fingerprint density at radius 3 is 1.83 bits per heavy atom. The molecule has 7 heteroatoms. The number of halogens is 1. The Balaban J connectivity index is 1.89. The fourth-order valence-corrected chi connectivity index (χ4v) is 3.18. The van der Waals surface area contributed by atoms with Crippen molar-refractivity contribution in [1.29, 1.82) is 0 Å². The van der Waals surface area contributed by atoms with Crippen molar-refractivity contribution >= 4 is 39.1 Å². The minimum Gasteiger partial charge on any atom is -0.494 e. The lowest BCUT2D eigenvalue weighted by Gasteiger charge is -2.16. The first-order valence-electron chi connectivity index (χ1n) is 8.71. The second-order valence-electron chi connectivity index (χ2n) is 6.01. The average Bonchev–Trinajstić information content (AvgIpc) is 2.75.